The standard InChI is InChI=1S/C11H18F3NO2/c1-3-15-10(9(16)17-2)6-4-8(5-7-10)11(12,13)14/h8,15H,3-7H2,1-2H3. The molecule has 1 N–H and O–H groups in total. The SMILES string of the molecule is CCNC1(C(=O)OC)CCC(C(F)(F)F)CC1. The van der Waals surface area contributed by atoms with Crippen molar-refractivity contribution in [2.45, 2.75) is 44.3 Å². The molecule has 0 spiro atoms. The van der Waals surface area contributed by atoms with Gasteiger partial charge in [-0.05, 0) is 32.2 Å². The van der Waals surface area contributed by atoms with E-state index in [0.29, 0.717) is 6.54 Å². The van der Waals surface area contributed by atoms with Crippen LogP contribution in [0.3, 0.4) is 0 Å². The van der Waals surface area contributed by atoms with Crippen LogP contribution in [0.2, 0.25) is 0 Å². The normalized spacial score (nSPS) is 30.1. The third-order valence-electron chi connectivity index (χ3n) is 3.39. The fourth-order valence-electron chi connectivity index (χ4n) is 2.42. The zero-order chi connectivity index (χ0) is 13.1. The number of hydrogen-bond donors (Lipinski definition) is 1. The smallest absolute Gasteiger partial charge is 0.391 e. The van der Waals surface area contributed by atoms with E-state index in [2.05, 4.69) is 10.1 Å². The van der Waals surface area contributed by atoms with E-state index in [1.165, 1.54) is 7.11 Å². The molecule has 1 rings (SSSR count). The minimum Gasteiger partial charge on any atom is -0.468 e. The summed E-state index contributed by atoms with van der Waals surface area (Å²) in [5.74, 6) is -1.75. The predicted molar refractivity (Wildman–Crippen MR) is 56.4 cm³/mol. The number of carbonyl (C=O) groups excluding carboxylic acids is 1. The number of carbonyl (C=O) groups is 1. The summed E-state index contributed by atoms with van der Waals surface area (Å²) in [5.41, 5.74) is -0.925. The Morgan fingerprint density at radius 1 is 1.41 bits per heavy atom. The van der Waals surface area contributed by atoms with Crippen molar-refractivity contribution in [3.8, 4) is 0 Å². The van der Waals surface area contributed by atoms with Gasteiger partial charge in [0.2, 0.25) is 0 Å². The first-order chi connectivity index (χ1) is 7.85. The third kappa shape index (κ3) is 3.12. The van der Waals surface area contributed by atoms with E-state index in [1.54, 1.807) is 0 Å². The lowest BCUT2D eigenvalue weighted by Crippen LogP contribution is -2.55. The summed E-state index contributed by atoms with van der Waals surface area (Å²) in [7, 11) is 1.26. The molecular weight excluding hydrogens is 235 g/mol. The highest BCUT2D eigenvalue weighted by atomic mass is 19.4. The maximum absolute atomic E-state index is 12.5. The van der Waals surface area contributed by atoms with Crippen molar-refractivity contribution in [1.29, 1.82) is 0 Å². The molecule has 17 heavy (non-hydrogen) atoms. The summed E-state index contributed by atoms with van der Waals surface area (Å²) in [6.07, 6.45) is -3.85. The van der Waals surface area contributed by atoms with Crippen LogP contribution in [0.5, 0.6) is 0 Å². The molecule has 0 bridgehead atoms. The number of esters is 1. The van der Waals surface area contributed by atoms with Crippen LogP contribution < -0.4 is 5.32 Å². The Kier molecular flexibility index (Phi) is 4.41. The Hall–Kier alpha value is -0.780. The molecule has 0 aromatic carbocycles. The van der Waals surface area contributed by atoms with Crippen molar-refractivity contribution in [3.63, 3.8) is 0 Å². The van der Waals surface area contributed by atoms with Crippen LogP contribution in [0.15, 0.2) is 0 Å². The van der Waals surface area contributed by atoms with E-state index < -0.39 is 23.6 Å². The minimum absolute atomic E-state index is 0.0222. The number of alkyl halides is 3. The lowest BCUT2D eigenvalue weighted by Gasteiger charge is -2.38. The average Bonchev–Trinajstić information content (AvgIpc) is 2.27. The summed E-state index contributed by atoms with van der Waals surface area (Å²) in [5, 5.41) is 2.98. The van der Waals surface area contributed by atoms with E-state index in [9.17, 15) is 18.0 Å². The van der Waals surface area contributed by atoms with E-state index >= 15 is 0 Å². The first kappa shape index (κ1) is 14.3. The molecule has 0 saturated heterocycles. The van der Waals surface area contributed by atoms with Crippen LogP contribution in [0.4, 0.5) is 13.2 Å². The highest BCUT2D eigenvalue weighted by Gasteiger charge is 2.49. The van der Waals surface area contributed by atoms with Crippen LogP contribution in [-0.4, -0.2) is 31.3 Å². The Morgan fingerprint density at radius 3 is 2.29 bits per heavy atom. The van der Waals surface area contributed by atoms with Crippen LogP contribution in [0, 0.1) is 5.92 Å². The Labute approximate surface area is 98.7 Å². The molecular formula is C11H18F3NO2. The van der Waals surface area contributed by atoms with Crippen LogP contribution >= 0.6 is 0 Å². The molecule has 0 aromatic heterocycles. The summed E-state index contributed by atoms with van der Waals surface area (Å²) in [4.78, 5) is 11.7. The molecule has 3 nitrogen and oxygen atoms in total. The molecule has 6 heteroatoms. The van der Waals surface area contributed by atoms with Gasteiger partial charge in [-0.15, -0.1) is 0 Å². The largest absolute Gasteiger partial charge is 0.468 e. The molecule has 0 aliphatic heterocycles. The lowest BCUT2D eigenvalue weighted by atomic mass is 9.76. The third-order valence-corrected chi connectivity index (χ3v) is 3.39. The van der Waals surface area contributed by atoms with Gasteiger partial charge in [-0.25, -0.2) is 0 Å². The molecule has 0 unspecified atom stereocenters. The van der Waals surface area contributed by atoms with E-state index in [1.807, 2.05) is 6.92 Å². The maximum atomic E-state index is 12.5. The zero-order valence-corrected chi connectivity index (χ0v) is 10.1. The molecule has 1 saturated carbocycles. The molecule has 1 fully saturated rings. The second-order valence-corrected chi connectivity index (χ2v) is 4.42. The Balaban J connectivity index is 2.71. The second-order valence-electron chi connectivity index (χ2n) is 4.42. The molecule has 0 heterocycles. The number of halogens is 3. The van der Waals surface area contributed by atoms with Gasteiger partial charge in [-0.2, -0.15) is 13.2 Å². The zero-order valence-electron chi connectivity index (χ0n) is 10.1. The Bertz CT molecular complexity index is 270. The summed E-state index contributed by atoms with van der Waals surface area (Å²) >= 11 is 0. The minimum atomic E-state index is -4.16. The molecule has 0 aromatic rings. The highest BCUT2D eigenvalue weighted by molar-refractivity contribution is 5.80. The van der Waals surface area contributed by atoms with Gasteiger partial charge < -0.3 is 10.1 Å². The van der Waals surface area contributed by atoms with Crippen molar-refractivity contribution in [2.75, 3.05) is 13.7 Å². The Morgan fingerprint density at radius 2 is 1.94 bits per heavy atom. The van der Waals surface area contributed by atoms with Gasteiger partial charge in [0, 0.05) is 0 Å². The van der Waals surface area contributed by atoms with Crippen molar-refractivity contribution in [1.82, 2.24) is 5.32 Å². The summed E-state index contributed by atoms with van der Waals surface area (Å²) in [6.45, 7) is 2.35. The number of likely N-dealkylation sites (N-methyl/N-ethyl adjacent to an activating group) is 1. The van der Waals surface area contributed by atoms with Gasteiger partial charge in [0.1, 0.15) is 5.54 Å². The van der Waals surface area contributed by atoms with Gasteiger partial charge in [-0.1, -0.05) is 6.92 Å². The van der Waals surface area contributed by atoms with Gasteiger partial charge >= 0.3 is 12.1 Å². The highest BCUT2D eigenvalue weighted by Crippen LogP contribution is 2.41. The number of rotatable bonds is 3. The topological polar surface area (TPSA) is 38.3 Å². The number of methoxy groups -OCH3 is 1. The summed E-state index contributed by atoms with van der Waals surface area (Å²) in [6, 6.07) is 0. The van der Waals surface area contributed by atoms with Gasteiger partial charge in [0.15, 0.2) is 0 Å². The average molecular weight is 253 g/mol. The predicted octanol–water partition coefficient (Wildman–Crippen LogP) is 2.26. The van der Waals surface area contributed by atoms with Crippen molar-refractivity contribution >= 4 is 5.97 Å². The van der Waals surface area contributed by atoms with E-state index in [4.69, 9.17) is 0 Å². The first-order valence-electron chi connectivity index (χ1n) is 5.76. The van der Waals surface area contributed by atoms with Gasteiger partial charge in [0.25, 0.3) is 0 Å². The maximum Gasteiger partial charge on any atom is 0.391 e. The van der Waals surface area contributed by atoms with Crippen LogP contribution in [0.25, 0.3) is 0 Å². The number of nitrogens with one attached hydrogen (secondary N) is 1. The van der Waals surface area contributed by atoms with E-state index in [-0.39, 0.29) is 25.7 Å². The van der Waals surface area contributed by atoms with Crippen LogP contribution in [-0.2, 0) is 9.53 Å². The van der Waals surface area contributed by atoms with Crippen molar-refractivity contribution in [2.24, 2.45) is 5.92 Å². The van der Waals surface area contributed by atoms with Crippen molar-refractivity contribution in [3.05, 3.63) is 0 Å². The van der Waals surface area contributed by atoms with Gasteiger partial charge in [-0.3, -0.25) is 4.79 Å². The summed E-state index contributed by atoms with van der Waals surface area (Å²) < 4.78 is 42.3. The van der Waals surface area contributed by atoms with Crippen molar-refractivity contribution < 1.29 is 22.7 Å². The molecule has 100 valence electrons. The fourth-order valence-corrected chi connectivity index (χ4v) is 2.42. The molecule has 0 amide bonds. The fraction of sp³-hybridized carbons (Fsp3) is 0.909. The van der Waals surface area contributed by atoms with Crippen LogP contribution in [0.1, 0.15) is 32.6 Å². The van der Waals surface area contributed by atoms with E-state index in [0.717, 1.165) is 0 Å². The quantitative estimate of drug-likeness (QED) is 0.784. The second kappa shape index (κ2) is 5.25. The van der Waals surface area contributed by atoms with Gasteiger partial charge in [0.05, 0.1) is 13.0 Å². The molecule has 0 radical (unpaired) electrons. The molecule has 0 atom stereocenters. The number of ether oxygens (including phenoxy) is 1. The lowest BCUT2D eigenvalue weighted by molar-refractivity contribution is -0.188. The monoisotopic (exact) mass is 253 g/mol. The molecule has 1 aliphatic carbocycles. The molecule has 1 aliphatic rings. The number of hydrogen-bond acceptors (Lipinski definition) is 3. The first-order valence-corrected chi connectivity index (χ1v) is 5.76.